The van der Waals surface area contributed by atoms with E-state index in [1.807, 2.05) is 6.07 Å². The molecule has 4 heteroatoms. The van der Waals surface area contributed by atoms with Gasteiger partial charge in [-0.3, -0.25) is 0 Å². The van der Waals surface area contributed by atoms with Crippen LogP contribution in [0.25, 0.3) is 0 Å². The summed E-state index contributed by atoms with van der Waals surface area (Å²) in [6, 6.07) is 3.82. The lowest BCUT2D eigenvalue weighted by Crippen LogP contribution is -2.42. The highest BCUT2D eigenvalue weighted by Gasteiger charge is 2.32. The molecule has 0 amide bonds. The van der Waals surface area contributed by atoms with Crippen LogP contribution in [0.1, 0.15) is 36.3 Å². The van der Waals surface area contributed by atoms with Gasteiger partial charge in [0.2, 0.25) is 0 Å². The summed E-state index contributed by atoms with van der Waals surface area (Å²) in [5.74, 6) is 0.914. The number of rotatable bonds is 0. The Morgan fingerprint density at radius 2 is 2.00 bits per heavy atom. The maximum absolute atomic E-state index is 9.85. The zero-order valence-corrected chi connectivity index (χ0v) is 11.4. The number of hydrogen-bond acceptors (Lipinski definition) is 3. The molecule has 3 nitrogen and oxygen atoms in total. The highest BCUT2D eigenvalue weighted by atomic mass is 79.9. The summed E-state index contributed by atoms with van der Waals surface area (Å²) in [4.78, 5) is 0. The Morgan fingerprint density at radius 3 is 2.82 bits per heavy atom. The molecule has 0 bridgehead atoms. The molecule has 1 heterocycles. The lowest BCUT2D eigenvalue weighted by atomic mass is 9.75. The van der Waals surface area contributed by atoms with Crippen molar-refractivity contribution in [3.8, 4) is 11.5 Å². The van der Waals surface area contributed by atoms with Crippen LogP contribution >= 0.6 is 17.0 Å². The minimum Gasteiger partial charge on any atom is -0.508 e. The first-order valence-corrected chi connectivity index (χ1v) is 6.04. The van der Waals surface area contributed by atoms with Crippen molar-refractivity contribution in [1.82, 2.24) is 5.32 Å². The van der Waals surface area contributed by atoms with E-state index < -0.39 is 0 Å². The van der Waals surface area contributed by atoms with E-state index in [0.29, 0.717) is 12.0 Å². The van der Waals surface area contributed by atoms with Gasteiger partial charge in [-0.15, -0.1) is 17.0 Å². The van der Waals surface area contributed by atoms with E-state index in [1.165, 1.54) is 12.5 Å². The van der Waals surface area contributed by atoms with Crippen LogP contribution in [-0.2, 0) is 6.42 Å². The van der Waals surface area contributed by atoms with Crippen molar-refractivity contribution in [2.75, 3.05) is 6.54 Å². The van der Waals surface area contributed by atoms with E-state index in [1.54, 1.807) is 0 Å². The molecular formula is C13H18BrNO2. The topological polar surface area (TPSA) is 52.5 Å². The van der Waals surface area contributed by atoms with E-state index in [-0.39, 0.29) is 28.5 Å². The van der Waals surface area contributed by atoms with Crippen LogP contribution in [0.4, 0.5) is 0 Å². The molecule has 1 aliphatic carbocycles. The smallest absolute Gasteiger partial charge is 0.122 e. The number of fused-ring (bicyclic) bond motifs is 3. The zero-order valence-electron chi connectivity index (χ0n) is 9.65. The Morgan fingerprint density at radius 1 is 1.18 bits per heavy atom. The molecular weight excluding hydrogens is 282 g/mol. The number of aromatic hydroxyl groups is 2. The van der Waals surface area contributed by atoms with Gasteiger partial charge in [-0.25, -0.2) is 0 Å². The Hall–Kier alpha value is -0.740. The standard InChI is InChI=1S/C13H17NO2.BrH/c15-8-6-11-9-2-1-5-14-12(9)4-3-10(11)13(16)7-8;/h6-7,9,12,14-16H,1-5H2;1H/t9-,12+;/m0./s1. The predicted octanol–water partition coefficient (Wildman–Crippen LogP) is 2.46. The lowest BCUT2D eigenvalue weighted by Gasteiger charge is -2.38. The van der Waals surface area contributed by atoms with Crippen LogP contribution in [0.3, 0.4) is 0 Å². The molecule has 17 heavy (non-hydrogen) atoms. The number of hydrogen-bond donors (Lipinski definition) is 3. The van der Waals surface area contributed by atoms with Gasteiger partial charge in [0.15, 0.2) is 0 Å². The molecule has 2 aliphatic rings. The average molecular weight is 300 g/mol. The third-order valence-electron chi connectivity index (χ3n) is 3.93. The van der Waals surface area contributed by atoms with E-state index in [0.717, 1.165) is 36.9 Å². The number of phenolic OH excluding ortho intramolecular Hbond substituents is 2. The Balaban J connectivity index is 0.00000108. The van der Waals surface area contributed by atoms with Crippen molar-refractivity contribution < 1.29 is 10.2 Å². The summed E-state index contributed by atoms with van der Waals surface area (Å²) in [5.41, 5.74) is 2.20. The van der Waals surface area contributed by atoms with Crippen molar-refractivity contribution in [1.29, 1.82) is 0 Å². The highest BCUT2D eigenvalue weighted by molar-refractivity contribution is 8.93. The van der Waals surface area contributed by atoms with Crippen LogP contribution in [0.15, 0.2) is 12.1 Å². The van der Waals surface area contributed by atoms with Gasteiger partial charge in [-0.05, 0) is 55.3 Å². The molecule has 1 aromatic carbocycles. The normalized spacial score (nSPS) is 26.6. The van der Waals surface area contributed by atoms with Gasteiger partial charge in [0.25, 0.3) is 0 Å². The summed E-state index contributed by atoms with van der Waals surface area (Å²) < 4.78 is 0. The summed E-state index contributed by atoms with van der Waals surface area (Å²) in [6.07, 6.45) is 4.34. The quantitative estimate of drug-likeness (QED) is 0.690. The molecule has 1 aromatic rings. The molecule has 2 atom stereocenters. The van der Waals surface area contributed by atoms with Crippen molar-refractivity contribution in [2.24, 2.45) is 0 Å². The predicted molar refractivity (Wildman–Crippen MR) is 72.2 cm³/mol. The Bertz CT molecular complexity index is 422. The molecule has 1 fully saturated rings. The summed E-state index contributed by atoms with van der Waals surface area (Å²) in [7, 11) is 0. The summed E-state index contributed by atoms with van der Waals surface area (Å²) in [6.45, 7) is 1.10. The number of phenols is 2. The van der Waals surface area contributed by atoms with E-state index in [4.69, 9.17) is 0 Å². The van der Waals surface area contributed by atoms with Crippen molar-refractivity contribution in [3.63, 3.8) is 0 Å². The fraction of sp³-hybridized carbons (Fsp3) is 0.538. The maximum atomic E-state index is 9.85. The fourth-order valence-electron chi connectivity index (χ4n) is 3.19. The van der Waals surface area contributed by atoms with Gasteiger partial charge < -0.3 is 15.5 Å². The first-order chi connectivity index (χ1) is 7.75. The van der Waals surface area contributed by atoms with Gasteiger partial charge in [-0.2, -0.15) is 0 Å². The van der Waals surface area contributed by atoms with Crippen LogP contribution in [-0.4, -0.2) is 22.8 Å². The molecule has 94 valence electrons. The number of nitrogens with one attached hydrogen (secondary N) is 1. The van der Waals surface area contributed by atoms with Gasteiger partial charge in [-0.1, -0.05) is 0 Å². The SMILES string of the molecule is Br.Oc1cc(O)c2c(c1)[C@@H]1CCCN[C@@H]1CC2. The maximum Gasteiger partial charge on any atom is 0.122 e. The molecule has 0 aromatic heterocycles. The monoisotopic (exact) mass is 299 g/mol. The zero-order chi connectivity index (χ0) is 11.1. The lowest BCUT2D eigenvalue weighted by molar-refractivity contribution is 0.314. The Kier molecular flexibility index (Phi) is 3.64. The highest BCUT2D eigenvalue weighted by Crippen LogP contribution is 2.42. The van der Waals surface area contributed by atoms with Gasteiger partial charge in [0, 0.05) is 12.1 Å². The van der Waals surface area contributed by atoms with Gasteiger partial charge >= 0.3 is 0 Å². The van der Waals surface area contributed by atoms with Crippen LogP contribution in [0, 0.1) is 0 Å². The van der Waals surface area contributed by atoms with Crippen LogP contribution < -0.4 is 5.32 Å². The van der Waals surface area contributed by atoms with Crippen molar-refractivity contribution in [3.05, 3.63) is 23.3 Å². The van der Waals surface area contributed by atoms with Gasteiger partial charge in [0.05, 0.1) is 0 Å². The second-order valence-electron chi connectivity index (χ2n) is 4.88. The molecule has 0 spiro atoms. The molecule has 0 radical (unpaired) electrons. The largest absolute Gasteiger partial charge is 0.508 e. The molecule has 3 N–H and O–H groups in total. The number of piperidine rings is 1. The van der Waals surface area contributed by atoms with Crippen LogP contribution in [0.5, 0.6) is 11.5 Å². The molecule has 3 rings (SSSR count). The number of halogens is 1. The molecule has 0 saturated carbocycles. The van der Waals surface area contributed by atoms with Gasteiger partial charge in [0.1, 0.15) is 11.5 Å². The van der Waals surface area contributed by atoms with E-state index in [2.05, 4.69) is 5.32 Å². The second-order valence-corrected chi connectivity index (χ2v) is 4.88. The third-order valence-corrected chi connectivity index (χ3v) is 3.93. The molecule has 1 saturated heterocycles. The third kappa shape index (κ3) is 2.16. The van der Waals surface area contributed by atoms with Crippen molar-refractivity contribution in [2.45, 2.75) is 37.6 Å². The van der Waals surface area contributed by atoms with Crippen molar-refractivity contribution >= 4 is 17.0 Å². The molecule has 0 unspecified atom stereocenters. The van der Waals surface area contributed by atoms with E-state index >= 15 is 0 Å². The minimum absolute atomic E-state index is 0. The average Bonchev–Trinajstić information content (AvgIpc) is 2.28. The first-order valence-electron chi connectivity index (χ1n) is 6.04. The van der Waals surface area contributed by atoms with Crippen LogP contribution in [0.2, 0.25) is 0 Å². The summed E-state index contributed by atoms with van der Waals surface area (Å²) >= 11 is 0. The second kappa shape index (κ2) is 4.86. The minimum atomic E-state index is 0. The Labute approximate surface area is 112 Å². The van der Waals surface area contributed by atoms with E-state index in [9.17, 15) is 10.2 Å². The number of benzene rings is 1. The fourth-order valence-corrected chi connectivity index (χ4v) is 3.19. The summed E-state index contributed by atoms with van der Waals surface area (Å²) in [5, 5.41) is 23.0. The molecule has 1 aliphatic heterocycles. The first kappa shape index (κ1) is 12.7.